The maximum Gasteiger partial charge on any atom is 0.259 e. The number of carbonyl (C=O) groups excluding carboxylic acids is 1. The molecule has 0 bridgehead atoms. The van der Waals surface area contributed by atoms with Gasteiger partial charge in [0.1, 0.15) is 11.3 Å². The number of aromatic nitrogens is 2. The number of carbonyl (C=O) groups is 1. The predicted molar refractivity (Wildman–Crippen MR) is 132 cm³/mol. The summed E-state index contributed by atoms with van der Waals surface area (Å²) < 4.78 is 7.55. The van der Waals surface area contributed by atoms with Gasteiger partial charge in [-0.15, -0.1) is 0 Å². The van der Waals surface area contributed by atoms with Crippen LogP contribution in [-0.2, 0) is 19.4 Å². The topological polar surface area (TPSA) is 68.3 Å². The first-order valence-corrected chi connectivity index (χ1v) is 11.4. The Kier molecular flexibility index (Phi) is 7.07. The van der Waals surface area contributed by atoms with Gasteiger partial charge in [-0.25, -0.2) is 0 Å². The van der Waals surface area contributed by atoms with Crippen molar-refractivity contribution in [3.8, 4) is 0 Å². The van der Waals surface area contributed by atoms with Crippen LogP contribution >= 0.6 is 0 Å². The zero-order chi connectivity index (χ0) is 24.1. The molecule has 34 heavy (non-hydrogen) atoms. The summed E-state index contributed by atoms with van der Waals surface area (Å²) in [4.78, 5) is 33.0. The van der Waals surface area contributed by atoms with Crippen molar-refractivity contribution >= 4 is 5.91 Å². The van der Waals surface area contributed by atoms with E-state index in [9.17, 15) is 9.59 Å². The second kappa shape index (κ2) is 10.3. The maximum atomic E-state index is 13.7. The lowest BCUT2D eigenvalue weighted by atomic mass is 10.0. The first kappa shape index (κ1) is 23.2. The van der Waals surface area contributed by atoms with Crippen LogP contribution in [0.4, 0.5) is 0 Å². The molecule has 0 spiro atoms. The highest BCUT2D eigenvalue weighted by Crippen LogP contribution is 2.23. The lowest BCUT2D eigenvalue weighted by Gasteiger charge is -2.26. The van der Waals surface area contributed by atoms with Gasteiger partial charge in [0.05, 0.1) is 24.5 Å². The Labute approximate surface area is 199 Å². The molecule has 0 saturated carbocycles. The Morgan fingerprint density at radius 2 is 1.82 bits per heavy atom. The Morgan fingerprint density at radius 3 is 2.50 bits per heavy atom. The SMILES string of the molecule is Cc1cc(=O)c(C(=O)N(C)[C@H](C)c2ccco2)c(CCc2ccccc2)n1Cc1ccccn1. The van der Waals surface area contributed by atoms with Crippen LogP contribution in [-0.4, -0.2) is 27.4 Å². The molecule has 0 aliphatic rings. The van der Waals surface area contributed by atoms with Crippen molar-refractivity contribution < 1.29 is 9.21 Å². The van der Waals surface area contributed by atoms with Crippen molar-refractivity contribution in [2.75, 3.05) is 7.05 Å². The largest absolute Gasteiger partial charge is 0.467 e. The molecular weight excluding hydrogens is 426 g/mol. The molecule has 0 N–H and O–H groups in total. The summed E-state index contributed by atoms with van der Waals surface area (Å²) in [7, 11) is 1.71. The molecule has 0 saturated heterocycles. The van der Waals surface area contributed by atoms with Gasteiger partial charge >= 0.3 is 0 Å². The number of furan rings is 1. The van der Waals surface area contributed by atoms with Gasteiger partial charge in [-0.1, -0.05) is 36.4 Å². The highest BCUT2D eigenvalue weighted by molar-refractivity contribution is 5.95. The highest BCUT2D eigenvalue weighted by atomic mass is 16.3. The monoisotopic (exact) mass is 455 g/mol. The molecule has 0 radical (unpaired) electrons. The lowest BCUT2D eigenvalue weighted by Crippen LogP contribution is -2.36. The quantitative estimate of drug-likeness (QED) is 0.382. The summed E-state index contributed by atoms with van der Waals surface area (Å²) in [6.07, 6.45) is 4.60. The number of benzene rings is 1. The molecule has 6 heteroatoms. The Hall–Kier alpha value is -3.93. The fraction of sp³-hybridized carbons (Fsp3) is 0.250. The van der Waals surface area contributed by atoms with Crippen molar-refractivity contribution in [2.24, 2.45) is 0 Å². The zero-order valence-electron chi connectivity index (χ0n) is 19.8. The van der Waals surface area contributed by atoms with Crippen molar-refractivity contribution in [3.05, 3.63) is 123 Å². The summed E-state index contributed by atoms with van der Waals surface area (Å²) in [6, 6.07) is 20.7. The minimum atomic E-state index is -0.313. The van der Waals surface area contributed by atoms with Crippen molar-refractivity contribution in [1.29, 1.82) is 0 Å². The average Bonchev–Trinajstić information content (AvgIpc) is 3.39. The van der Waals surface area contributed by atoms with E-state index in [1.807, 2.05) is 60.9 Å². The molecule has 0 aliphatic carbocycles. The summed E-state index contributed by atoms with van der Waals surface area (Å²) in [5, 5.41) is 0. The van der Waals surface area contributed by atoms with Crippen LogP contribution in [0.1, 0.15) is 51.7 Å². The molecule has 1 aromatic carbocycles. The van der Waals surface area contributed by atoms with Crippen LogP contribution in [0.25, 0.3) is 0 Å². The molecule has 3 heterocycles. The Balaban J connectivity index is 1.77. The third-order valence-corrected chi connectivity index (χ3v) is 6.24. The second-order valence-electron chi connectivity index (χ2n) is 8.47. The number of amides is 1. The summed E-state index contributed by atoms with van der Waals surface area (Å²) in [5.74, 6) is 0.356. The van der Waals surface area contributed by atoms with Gasteiger partial charge < -0.3 is 13.9 Å². The van der Waals surface area contributed by atoms with Crippen LogP contribution in [0, 0.1) is 6.92 Å². The van der Waals surface area contributed by atoms with Gasteiger partial charge in [-0.2, -0.15) is 0 Å². The zero-order valence-corrected chi connectivity index (χ0v) is 19.8. The van der Waals surface area contributed by atoms with E-state index in [0.29, 0.717) is 25.1 Å². The summed E-state index contributed by atoms with van der Waals surface area (Å²) in [5.41, 5.74) is 3.49. The number of rotatable bonds is 8. The average molecular weight is 456 g/mol. The molecule has 1 atom stereocenters. The van der Waals surface area contributed by atoms with E-state index in [-0.39, 0.29) is 22.9 Å². The van der Waals surface area contributed by atoms with Gasteiger partial charge in [0.15, 0.2) is 5.43 Å². The molecule has 6 nitrogen and oxygen atoms in total. The van der Waals surface area contributed by atoms with E-state index in [1.165, 1.54) is 0 Å². The first-order valence-electron chi connectivity index (χ1n) is 11.4. The second-order valence-corrected chi connectivity index (χ2v) is 8.47. The molecular formula is C28H29N3O3. The minimum absolute atomic E-state index is 0.207. The molecule has 0 aliphatic heterocycles. The van der Waals surface area contributed by atoms with Crippen LogP contribution in [0.2, 0.25) is 0 Å². The van der Waals surface area contributed by atoms with Crippen LogP contribution in [0.5, 0.6) is 0 Å². The third-order valence-electron chi connectivity index (χ3n) is 6.24. The van der Waals surface area contributed by atoms with Gasteiger partial charge in [0.2, 0.25) is 0 Å². The predicted octanol–water partition coefficient (Wildman–Crippen LogP) is 4.81. The van der Waals surface area contributed by atoms with E-state index >= 15 is 0 Å². The molecule has 174 valence electrons. The molecule has 4 rings (SSSR count). The van der Waals surface area contributed by atoms with Gasteiger partial charge in [0.25, 0.3) is 5.91 Å². The minimum Gasteiger partial charge on any atom is -0.467 e. The van der Waals surface area contributed by atoms with E-state index in [2.05, 4.69) is 17.1 Å². The number of pyridine rings is 2. The number of hydrogen-bond donors (Lipinski definition) is 0. The van der Waals surface area contributed by atoms with Crippen LogP contribution in [0.3, 0.4) is 0 Å². The van der Waals surface area contributed by atoms with E-state index < -0.39 is 0 Å². The van der Waals surface area contributed by atoms with Gasteiger partial charge in [-0.05, 0) is 56.5 Å². The molecule has 0 fully saturated rings. The fourth-order valence-corrected chi connectivity index (χ4v) is 4.17. The van der Waals surface area contributed by atoms with Crippen molar-refractivity contribution in [3.63, 3.8) is 0 Å². The van der Waals surface area contributed by atoms with Crippen LogP contribution < -0.4 is 5.43 Å². The summed E-state index contributed by atoms with van der Waals surface area (Å²) >= 11 is 0. The normalized spacial score (nSPS) is 11.9. The van der Waals surface area contributed by atoms with E-state index in [0.717, 1.165) is 22.6 Å². The maximum absolute atomic E-state index is 13.7. The molecule has 0 unspecified atom stereocenters. The Bertz CT molecular complexity index is 1300. The van der Waals surface area contributed by atoms with E-state index in [1.54, 1.807) is 36.5 Å². The Morgan fingerprint density at radius 1 is 1.06 bits per heavy atom. The number of aryl methyl sites for hydroxylation is 2. The first-order chi connectivity index (χ1) is 16.5. The highest BCUT2D eigenvalue weighted by Gasteiger charge is 2.27. The smallest absolute Gasteiger partial charge is 0.259 e. The van der Waals surface area contributed by atoms with E-state index in [4.69, 9.17) is 4.42 Å². The third kappa shape index (κ3) is 5.01. The fourth-order valence-electron chi connectivity index (χ4n) is 4.17. The lowest BCUT2D eigenvalue weighted by molar-refractivity contribution is 0.0722. The van der Waals surface area contributed by atoms with Crippen molar-refractivity contribution in [1.82, 2.24) is 14.5 Å². The summed E-state index contributed by atoms with van der Waals surface area (Å²) in [6.45, 7) is 4.27. The molecule has 1 amide bonds. The number of hydrogen-bond acceptors (Lipinski definition) is 4. The molecule has 3 aromatic heterocycles. The van der Waals surface area contributed by atoms with Gasteiger partial charge in [-0.3, -0.25) is 14.6 Å². The molecule has 4 aromatic rings. The number of nitrogens with zero attached hydrogens (tertiary/aromatic N) is 3. The van der Waals surface area contributed by atoms with Crippen molar-refractivity contribution in [2.45, 2.75) is 39.3 Å². The standard InChI is InChI=1S/C28H29N3O3/c1-20-18-25(32)27(28(33)30(3)21(2)26-13-9-17-34-26)24(15-14-22-10-5-4-6-11-22)31(20)19-23-12-7-8-16-29-23/h4-13,16-18,21H,14-15,19H2,1-3H3/t21-/m1/s1. The van der Waals surface area contributed by atoms with Crippen LogP contribution in [0.15, 0.2) is 88.4 Å². The van der Waals surface area contributed by atoms with Gasteiger partial charge in [0, 0.05) is 30.7 Å².